The van der Waals surface area contributed by atoms with Gasteiger partial charge in [0, 0.05) is 23.7 Å². The van der Waals surface area contributed by atoms with Gasteiger partial charge in [-0.15, -0.1) is 11.8 Å². The van der Waals surface area contributed by atoms with E-state index in [9.17, 15) is 4.79 Å². The molecule has 0 saturated carbocycles. The molecule has 0 spiro atoms. The standard InChI is InChI=1S/C13H18N2O2S/c14-10-3-1-4-11(7-10)15-13(16)9-18-8-12-5-2-6-17-12/h1,3-4,7,12H,2,5-6,8-9,14H2,(H,15,16). The Morgan fingerprint density at radius 3 is 3.17 bits per heavy atom. The Bertz CT molecular complexity index is 406. The van der Waals surface area contributed by atoms with Crippen molar-refractivity contribution in [3.05, 3.63) is 24.3 Å². The van der Waals surface area contributed by atoms with Crippen molar-refractivity contribution in [1.82, 2.24) is 0 Å². The maximum Gasteiger partial charge on any atom is 0.234 e. The van der Waals surface area contributed by atoms with E-state index in [0.29, 0.717) is 17.5 Å². The Balaban J connectivity index is 1.68. The second kappa shape index (κ2) is 6.66. The predicted molar refractivity (Wildman–Crippen MR) is 75.8 cm³/mol. The highest BCUT2D eigenvalue weighted by atomic mass is 32.2. The van der Waals surface area contributed by atoms with E-state index >= 15 is 0 Å². The summed E-state index contributed by atoms with van der Waals surface area (Å²) in [6.45, 7) is 0.862. The van der Waals surface area contributed by atoms with Gasteiger partial charge < -0.3 is 15.8 Å². The topological polar surface area (TPSA) is 64.3 Å². The molecule has 2 rings (SSSR count). The summed E-state index contributed by atoms with van der Waals surface area (Å²) < 4.78 is 5.50. The number of thioether (sulfide) groups is 1. The van der Waals surface area contributed by atoms with Crippen LogP contribution in [0.2, 0.25) is 0 Å². The summed E-state index contributed by atoms with van der Waals surface area (Å²) in [7, 11) is 0. The molecule has 1 unspecified atom stereocenters. The molecule has 5 heteroatoms. The fourth-order valence-corrected chi connectivity index (χ4v) is 2.77. The van der Waals surface area contributed by atoms with E-state index in [2.05, 4.69) is 5.32 Å². The molecule has 3 N–H and O–H groups in total. The molecule has 1 saturated heterocycles. The highest BCUT2D eigenvalue weighted by Gasteiger charge is 2.15. The van der Waals surface area contributed by atoms with Crippen molar-refractivity contribution < 1.29 is 9.53 Å². The number of anilines is 2. The van der Waals surface area contributed by atoms with Gasteiger partial charge in [-0.1, -0.05) is 6.07 Å². The van der Waals surface area contributed by atoms with Gasteiger partial charge in [0.2, 0.25) is 5.91 Å². The molecule has 1 aromatic carbocycles. The number of carbonyl (C=O) groups excluding carboxylic acids is 1. The summed E-state index contributed by atoms with van der Waals surface area (Å²) in [5.41, 5.74) is 7.04. The van der Waals surface area contributed by atoms with Gasteiger partial charge in [0.25, 0.3) is 0 Å². The molecule has 1 aliphatic rings. The normalized spacial score (nSPS) is 18.8. The van der Waals surface area contributed by atoms with Crippen molar-refractivity contribution in [2.45, 2.75) is 18.9 Å². The van der Waals surface area contributed by atoms with E-state index in [1.165, 1.54) is 0 Å². The van der Waals surface area contributed by atoms with Gasteiger partial charge >= 0.3 is 0 Å². The molecule has 1 aliphatic heterocycles. The SMILES string of the molecule is Nc1cccc(NC(=O)CSCC2CCCO2)c1. The smallest absolute Gasteiger partial charge is 0.234 e. The van der Waals surface area contributed by atoms with Crippen molar-refractivity contribution in [2.24, 2.45) is 0 Å². The molecular weight excluding hydrogens is 248 g/mol. The quantitative estimate of drug-likeness (QED) is 0.801. The van der Waals surface area contributed by atoms with E-state index < -0.39 is 0 Å². The van der Waals surface area contributed by atoms with Crippen LogP contribution in [0.4, 0.5) is 11.4 Å². The minimum atomic E-state index is 0.00333. The lowest BCUT2D eigenvalue weighted by Gasteiger charge is -2.09. The van der Waals surface area contributed by atoms with Gasteiger partial charge in [0.05, 0.1) is 11.9 Å². The number of benzene rings is 1. The number of hydrogen-bond donors (Lipinski definition) is 2. The number of rotatable bonds is 5. The van der Waals surface area contributed by atoms with Crippen molar-refractivity contribution in [3.63, 3.8) is 0 Å². The minimum absolute atomic E-state index is 0.00333. The Labute approximate surface area is 111 Å². The Morgan fingerprint density at radius 1 is 1.56 bits per heavy atom. The third-order valence-corrected chi connectivity index (χ3v) is 3.81. The second-order valence-corrected chi connectivity index (χ2v) is 5.35. The molecule has 1 fully saturated rings. The Morgan fingerprint density at radius 2 is 2.44 bits per heavy atom. The maximum absolute atomic E-state index is 11.7. The largest absolute Gasteiger partial charge is 0.399 e. The number of ether oxygens (including phenoxy) is 1. The number of carbonyl (C=O) groups is 1. The van der Waals surface area contributed by atoms with Crippen LogP contribution in [0.15, 0.2) is 24.3 Å². The first-order valence-corrected chi connectivity index (χ1v) is 7.24. The summed E-state index contributed by atoms with van der Waals surface area (Å²) >= 11 is 1.61. The van der Waals surface area contributed by atoms with E-state index in [1.807, 2.05) is 12.1 Å². The molecule has 1 atom stereocenters. The van der Waals surface area contributed by atoms with Crippen molar-refractivity contribution in [1.29, 1.82) is 0 Å². The lowest BCUT2D eigenvalue weighted by atomic mass is 10.3. The molecule has 1 amide bonds. The zero-order valence-electron chi connectivity index (χ0n) is 10.2. The predicted octanol–water partition coefficient (Wildman–Crippen LogP) is 2.12. The van der Waals surface area contributed by atoms with Gasteiger partial charge in [0.1, 0.15) is 0 Å². The molecule has 18 heavy (non-hydrogen) atoms. The molecule has 0 radical (unpaired) electrons. The zero-order valence-corrected chi connectivity index (χ0v) is 11.0. The van der Waals surface area contributed by atoms with E-state index in [1.54, 1.807) is 23.9 Å². The highest BCUT2D eigenvalue weighted by Crippen LogP contribution is 2.17. The van der Waals surface area contributed by atoms with Crippen molar-refractivity contribution in [2.75, 3.05) is 29.2 Å². The Kier molecular flexibility index (Phi) is 4.90. The molecule has 4 nitrogen and oxygen atoms in total. The Hall–Kier alpha value is -1.20. The van der Waals surface area contributed by atoms with Gasteiger partial charge in [-0.25, -0.2) is 0 Å². The van der Waals surface area contributed by atoms with Crippen LogP contribution in [0.5, 0.6) is 0 Å². The first-order valence-electron chi connectivity index (χ1n) is 6.09. The lowest BCUT2D eigenvalue weighted by molar-refractivity contribution is -0.113. The van der Waals surface area contributed by atoms with Crippen LogP contribution < -0.4 is 11.1 Å². The fraction of sp³-hybridized carbons (Fsp3) is 0.462. The monoisotopic (exact) mass is 266 g/mol. The van der Waals surface area contributed by atoms with Crippen molar-refractivity contribution >= 4 is 29.0 Å². The van der Waals surface area contributed by atoms with Crippen LogP contribution in [-0.2, 0) is 9.53 Å². The van der Waals surface area contributed by atoms with Crippen molar-refractivity contribution in [3.8, 4) is 0 Å². The van der Waals surface area contributed by atoms with Crippen LogP contribution in [0.25, 0.3) is 0 Å². The van der Waals surface area contributed by atoms with Crippen LogP contribution in [0, 0.1) is 0 Å². The van der Waals surface area contributed by atoms with E-state index in [-0.39, 0.29) is 5.91 Å². The minimum Gasteiger partial charge on any atom is -0.399 e. The van der Waals surface area contributed by atoms with Gasteiger partial charge in [-0.05, 0) is 31.0 Å². The molecular formula is C13H18N2O2S. The van der Waals surface area contributed by atoms with Gasteiger partial charge in [0.15, 0.2) is 0 Å². The summed E-state index contributed by atoms with van der Waals surface area (Å²) in [6, 6.07) is 7.20. The third-order valence-electron chi connectivity index (χ3n) is 2.73. The average molecular weight is 266 g/mol. The van der Waals surface area contributed by atoms with Crippen LogP contribution in [0.1, 0.15) is 12.8 Å². The number of hydrogen-bond acceptors (Lipinski definition) is 4. The molecule has 1 aromatic rings. The fourth-order valence-electron chi connectivity index (χ4n) is 1.87. The lowest BCUT2D eigenvalue weighted by Crippen LogP contribution is -2.16. The first-order chi connectivity index (χ1) is 8.74. The third kappa shape index (κ3) is 4.23. The zero-order chi connectivity index (χ0) is 12.8. The summed E-state index contributed by atoms with van der Waals surface area (Å²) in [6.07, 6.45) is 2.58. The average Bonchev–Trinajstić information content (AvgIpc) is 2.82. The van der Waals surface area contributed by atoms with E-state index in [0.717, 1.165) is 30.9 Å². The van der Waals surface area contributed by atoms with Crippen LogP contribution >= 0.6 is 11.8 Å². The molecule has 1 heterocycles. The highest BCUT2D eigenvalue weighted by molar-refractivity contribution is 8.00. The summed E-state index contributed by atoms with van der Waals surface area (Å²) in [5.74, 6) is 1.35. The molecule has 0 bridgehead atoms. The summed E-state index contributed by atoms with van der Waals surface area (Å²) in [5, 5.41) is 2.83. The van der Waals surface area contributed by atoms with Gasteiger partial charge in [-0.3, -0.25) is 4.79 Å². The van der Waals surface area contributed by atoms with Gasteiger partial charge in [-0.2, -0.15) is 0 Å². The van der Waals surface area contributed by atoms with Crippen LogP contribution in [-0.4, -0.2) is 30.1 Å². The number of nitrogens with two attached hydrogens (primary N) is 1. The van der Waals surface area contributed by atoms with E-state index in [4.69, 9.17) is 10.5 Å². The number of nitrogens with one attached hydrogen (secondary N) is 1. The second-order valence-electron chi connectivity index (χ2n) is 4.32. The molecule has 0 aromatic heterocycles. The number of amides is 1. The maximum atomic E-state index is 11.7. The van der Waals surface area contributed by atoms with Crippen LogP contribution in [0.3, 0.4) is 0 Å². The number of nitrogen functional groups attached to an aromatic ring is 1. The summed E-state index contributed by atoms with van der Waals surface area (Å²) in [4.78, 5) is 11.7. The molecule has 98 valence electrons. The first kappa shape index (κ1) is 13.2. The molecule has 0 aliphatic carbocycles.